The Labute approximate surface area is 109 Å². The second kappa shape index (κ2) is 4.31. The molecule has 4 unspecified atom stereocenters. The van der Waals surface area contributed by atoms with Crippen molar-refractivity contribution in [1.82, 2.24) is 10.6 Å². The number of hydrogen-bond donors (Lipinski definition) is 2. The van der Waals surface area contributed by atoms with Gasteiger partial charge < -0.3 is 10.6 Å². The van der Waals surface area contributed by atoms with E-state index in [0.717, 1.165) is 49.9 Å². The van der Waals surface area contributed by atoms with Crippen molar-refractivity contribution < 1.29 is 4.79 Å². The molecule has 3 nitrogen and oxygen atoms in total. The molecule has 2 aliphatic carbocycles. The lowest BCUT2D eigenvalue weighted by Gasteiger charge is -2.16. The lowest BCUT2D eigenvalue weighted by molar-refractivity contribution is -0.126. The average Bonchev–Trinajstić information content (AvgIpc) is 3.06. The maximum Gasteiger partial charge on any atom is 0.139 e. The Bertz CT molecular complexity index is 300. The minimum Gasteiger partial charge on any atom is -0.316 e. The van der Waals surface area contributed by atoms with Gasteiger partial charge in [0.1, 0.15) is 5.78 Å². The topological polar surface area (TPSA) is 41.1 Å². The van der Waals surface area contributed by atoms with Crippen molar-refractivity contribution in [3.05, 3.63) is 0 Å². The lowest BCUT2D eigenvalue weighted by atomic mass is 9.88. The lowest BCUT2D eigenvalue weighted by Crippen LogP contribution is -2.24. The third-order valence-electron chi connectivity index (χ3n) is 6.11. The Morgan fingerprint density at radius 2 is 1.00 bits per heavy atom. The fraction of sp³-hybridized carbons (Fsp3) is 0.933. The smallest absolute Gasteiger partial charge is 0.139 e. The van der Waals surface area contributed by atoms with Gasteiger partial charge in [-0.15, -0.1) is 0 Å². The molecule has 4 rings (SSSR count). The van der Waals surface area contributed by atoms with E-state index in [1.165, 1.54) is 25.7 Å². The van der Waals surface area contributed by atoms with Crippen LogP contribution in [0.3, 0.4) is 0 Å². The van der Waals surface area contributed by atoms with Crippen LogP contribution in [0.25, 0.3) is 0 Å². The average molecular weight is 248 g/mol. The first-order valence-electron chi connectivity index (χ1n) is 7.76. The van der Waals surface area contributed by atoms with E-state index in [1.807, 2.05) is 0 Å². The first-order chi connectivity index (χ1) is 8.81. The van der Waals surface area contributed by atoms with Gasteiger partial charge in [-0.2, -0.15) is 0 Å². The van der Waals surface area contributed by atoms with Crippen LogP contribution in [-0.4, -0.2) is 32.0 Å². The molecule has 3 heteroatoms. The maximum atomic E-state index is 12.7. The Balaban J connectivity index is 1.39. The van der Waals surface area contributed by atoms with Gasteiger partial charge >= 0.3 is 0 Å². The number of ketones is 1. The van der Waals surface area contributed by atoms with E-state index in [9.17, 15) is 4.79 Å². The zero-order chi connectivity index (χ0) is 12.1. The van der Waals surface area contributed by atoms with Crippen LogP contribution in [0, 0.1) is 35.5 Å². The van der Waals surface area contributed by atoms with Crippen molar-refractivity contribution in [2.24, 2.45) is 35.5 Å². The zero-order valence-corrected chi connectivity index (χ0v) is 11.0. The molecular formula is C15H24N2O. The van der Waals surface area contributed by atoms with Gasteiger partial charge in [0, 0.05) is 11.8 Å². The highest BCUT2D eigenvalue weighted by Crippen LogP contribution is 2.45. The predicted molar refractivity (Wildman–Crippen MR) is 70.2 cm³/mol. The highest BCUT2D eigenvalue weighted by Gasteiger charge is 2.45. The highest BCUT2D eigenvalue weighted by molar-refractivity contribution is 5.84. The molecule has 4 fully saturated rings. The molecule has 2 saturated heterocycles. The fourth-order valence-corrected chi connectivity index (χ4v) is 5.13. The number of fused-ring (bicyclic) bond motifs is 2. The molecular weight excluding hydrogens is 224 g/mol. The van der Waals surface area contributed by atoms with E-state index in [2.05, 4.69) is 10.6 Å². The molecule has 100 valence electrons. The minimum atomic E-state index is 0.416. The molecule has 2 heterocycles. The summed E-state index contributed by atoms with van der Waals surface area (Å²) in [6.07, 6.45) is 4.72. The number of carbonyl (C=O) groups excluding carboxylic acids is 1. The van der Waals surface area contributed by atoms with Gasteiger partial charge in [0.15, 0.2) is 0 Å². The van der Waals surface area contributed by atoms with E-state index < -0.39 is 0 Å². The summed E-state index contributed by atoms with van der Waals surface area (Å²) in [5.41, 5.74) is 0. The van der Waals surface area contributed by atoms with Crippen molar-refractivity contribution in [3.63, 3.8) is 0 Å². The predicted octanol–water partition coefficient (Wildman–Crippen LogP) is 1.05. The first kappa shape index (κ1) is 11.4. The summed E-state index contributed by atoms with van der Waals surface area (Å²) in [4.78, 5) is 12.7. The fourth-order valence-electron chi connectivity index (χ4n) is 5.13. The summed E-state index contributed by atoms with van der Waals surface area (Å²) in [6.45, 7) is 4.64. The van der Waals surface area contributed by atoms with Gasteiger partial charge in [0.2, 0.25) is 0 Å². The molecule has 0 radical (unpaired) electrons. The Morgan fingerprint density at radius 1 is 0.667 bits per heavy atom. The number of nitrogens with one attached hydrogen (secondary N) is 2. The maximum absolute atomic E-state index is 12.7. The highest BCUT2D eigenvalue weighted by atomic mass is 16.1. The molecule has 0 spiro atoms. The van der Waals surface area contributed by atoms with Gasteiger partial charge in [-0.1, -0.05) is 0 Å². The second-order valence-corrected chi connectivity index (χ2v) is 7.10. The summed E-state index contributed by atoms with van der Waals surface area (Å²) in [5, 5.41) is 6.93. The minimum absolute atomic E-state index is 0.416. The molecule has 4 atom stereocenters. The number of rotatable bonds is 2. The largest absolute Gasteiger partial charge is 0.316 e. The molecule has 0 aromatic carbocycles. The molecule has 2 N–H and O–H groups in total. The van der Waals surface area contributed by atoms with Crippen LogP contribution in [0.2, 0.25) is 0 Å². The Hall–Kier alpha value is -0.410. The standard InChI is InChI=1S/C15H24N2O/c18-15(9-1-11-5-16-6-12(11)2-9)10-3-13-7-17-8-14(13)4-10/h9-14,16-17H,1-8H2. The van der Waals surface area contributed by atoms with Crippen LogP contribution in [0.5, 0.6) is 0 Å². The van der Waals surface area contributed by atoms with Gasteiger partial charge in [-0.3, -0.25) is 4.79 Å². The van der Waals surface area contributed by atoms with E-state index in [4.69, 9.17) is 0 Å². The van der Waals surface area contributed by atoms with Crippen molar-refractivity contribution in [1.29, 1.82) is 0 Å². The third kappa shape index (κ3) is 1.75. The van der Waals surface area contributed by atoms with Crippen molar-refractivity contribution in [3.8, 4) is 0 Å². The van der Waals surface area contributed by atoms with Crippen LogP contribution in [0.1, 0.15) is 25.7 Å². The van der Waals surface area contributed by atoms with E-state index >= 15 is 0 Å². The summed E-state index contributed by atoms with van der Waals surface area (Å²) >= 11 is 0. The third-order valence-corrected chi connectivity index (χ3v) is 6.11. The molecule has 2 aliphatic heterocycles. The summed E-state index contributed by atoms with van der Waals surface area (Å²) in [7, 11) is 0. The molecule has 0 aromatic rings. The van der Waals surface area contributed by atoms with Gasteiger partial charge in [-0.25, -0.2) is 0 Å². The van der Waals surface area contributed by atoms with Crippen LogP contribution in [0.15, 0.2) is 0 Å². The van der Waals surface area contributed by atoms with E-state index in [1.54, 1.807) is 0 Å². The SMILES string of the molecule is O=C(C1CC2CNCC2C1)C1CC2CNCC2C1. The number of hydrogen-bond acceptors (Lipinski definition) is 3. The Kier molecular flexibility index (Phi) is 2.73. The summed E-state index contributed by atoms with van der Waals surface area (Å²) in [5.74, 6) is 4.70. The molecule has 0 aromatic heterocycles. The number of carbonyl (C=O) groups is 1. The van der Waals surface area contributed by atoms with Crippen molar-refractivity contribution >= 4 is 5.78 Å². The normalized spacial score (nSPS) is 50.4. The van der Waals surface area contributed by atoms with Crippen LogP contribution >= 0.6 is 0 Å². The summed E-state index contributed by atoms with van der Waals surface area (Å²) in [6, 6.07) is 0. The van der Waals surface area contributed by atoms with Crippen LogP contribution in [-0.2, 0) is 4.79 Å². The van der Waals surface area contributed by atoms with Crippen LogP contribution < -0.4 is 10.6 Å². The first-order valence-corrected chi connectivity index (χ1v) is 7.76. The van der Waals surface area contributed by atoms with Crippen molar-refractivity contribution in [2.75, 3.05) is 26.2 Å². The molecule has 0 bridgehead atoms. The van der Waals surface area contributed by atoms with Gasteiger partial charge in [0.25, 0.3) is 0 Å². The molecule has 0 amide bonds. The Morgan fingerprint density at radius 3 is 1.33 bits per heavy atom. The monoisotopic (exact) mass is 248 g/mol. The number of Topliss-reactive ketones (excluding diaryl/α,β-unsaturated/α-hetero) is 1. The van der Waals surface area contributed by atoms with E-state index in [-0.39, 0.29) is 0 Å². The molecule has 18 heavy (non-hydrogen) atoms. The van der Waals surface area contributed by atoms with Gasteiger partial charge in [0.05, 0.1) is 0 Å². The molecule has 2 saturated carbocycles. The van der Waals surface area contributed by atoms with Gasteiger partial charge in [-0.05, 0) is 75.5 Å². The van der Waals surface area contributed by atoms with E-state index in [0.29, 0.717) is 17.6 Å². The summed E-state index contributed by atoms with van der Waals surface area (Å²) < 4.78 is 0. The second-order valence-electron chi connectivity index (χ2n) is 7.10. The zero-order valence-electron chi connectivity index (χ0n) is 11.0. The van der Waals surface area contributed by atoms with Crippen LogP contribution in [0.4, 0.5) is 0 Å². The quantitative estimate of drug-likeness (QED) is 0.767. The van der Waals surface area contributed by atoms with Crippen molar-refractivity contribution in [2.45, 2.75) is 25.7 Å². The molecule has 4 aliphatic rings.